The fraction of sp³-hybridized carbons (Fsp3) is 1.00. The first-order valence-electron chi connectivity index (χ1n) is 3.53. The monoisotopic (exact) mass is 162 g/mol. The van der Waals surface area contributed by atoms with Crippen LogP contribution in [-0.4, -0.2) is 4.08 Å². The van der Waals surface area contributed by atoms with E-state index in [1.807, 2.05) is 21.6 Å². The number of hydrogen-bond donors (Lipinski definition) is 0. The van der Waals surface area contributed by atoms with Crippen LogP contribution in [0.1, 0.15) is 33.6 Å². The molecule has 0 N–H and O–H groups in total. The van der Waals surface area contributed by atoms with Crippen LogP contribution in [0.15, 0.2) is 0 Å². The van der Waals surface area contributed by atoms with Crippen molar-refractivity contribution in [1.82, 2.24) is 0 Å². The van der Waals surface area contributed by atoms with E-state index in [4.69, 9.17) is 0 Å². The summed E-state index contributed by atoms with van der Waals surface area (Å²) in [6, 6.07) is 0. The molecule has 0 radical (unpaired) electrons. The van der Waals surface area contributed by atoms with E-state index in [9.17, 15) is 0 Å². The second-order valence-corrected chi connectivity index (χ2v) is 6.41. The normalized spacial score (nSPS) is 25.7. The van der Waals surface area contributed by atoms with E-state index in [1.54, 1.807) is 0 Å². The first-order valence-corrected chi connectivity index (χ1v) is 5.68. The summed E-state index contributed by atoms with van der Waals surface area (Å²) in [5.74, 6) is 0.914. The van der Waals surface area contributed by atoms with Crippen LogP contribution in [0.4, 0.5) is 0 Å². The average Bonchev–Trinajstić information content (AvgIpc) is 2.48. The van der Waals surface area contributed by atoms with Crippen LogP contribution in [-0.2, 0) is 0 Å². The predicted molar refractivity (Wildman–Crippen MR) is 47.7 cm³/mol. The molecule has 1 fully saturated rings. The molecule has 1 atom stereocenters. The summed E-state index contributed by atoms with van der Waals surface area (Å²) in [5.41, 5.74) is 0. The van der Waals surface area contributed by atoms with Crippen LogP contribution in [0.3, 0.4) is 0 Å². The van der Waals surface area contributed by atoms with Gasteiger partial charge in [-0.05, 0) is 19.3 Å². The number of rotatable bonds is 3. The van der Waals surface area contributed by atoms with E-state index in [1.165, 1.54) is 12.8 Å². The van der Waals surface area contributed by atoms with Gasteiger partial charge in [0, 0.05) is 0 Å². The Morgan fingerprint density at radius 1 is 1.44 bits per heavy atom. The van der Waals surface area contributed by atoms with Gasteiger partial charge in [-0.15, -0.1) is 0 Å². The molecule has 0 aromatic rings. The van der Waals surface area contributed by atoms with Gasteiger partial charge in [0.05, 0.1) is 4.08 Å². The third-order valence-electron chi connectivity index (χ3n) is 1.78. The van der Waals surface area contributed by atoms with E-state index in [-0.39, 0.29) is 0 Å². The maximum atomic E-state index is 2.34. The molecule has 1 heterocycles. The topological polar surface area (TPSA) is 0 Å². The Morgan fingerprint density at radius 2 is 2.00 bits per heavy atom. The largest absolute Gasteiger partial charge is 0.0792 e. The van der Waals surface area contributed by atoms with Gasteiger partial charge in [0.1, 0.15) is 0 Å². The highest BCUT2D eigenvalue weighted by molar-refractivity contribution is 8.93. The standard InChI is InChI=1S/C7H14S2/c1-4-6(2)5-7(3)8-9-7/h6H,4-5H2,1-3H3. The highest BCUT2D eigenvalue weighted by atomic mass is 33.2. The summed E-state index contributed by atoms with van der Waals surface area (Å²) in [5, 5.41) is 0. The maximum Gasteiger partial charge on any atom is 0.0792 e. The SMILES string of the molecule is CCC(C)CC1(C)SS1. The lowest BCUT2D eigenvalue weighted by Crippen LogP contribution is -2.04. The maximum absolute atomic E-state index is 2.34. The summed E-state index contributed by atoms with van der Waals surface area (Å²) in [7, 11) is 4.06. The second kappa shape index (κ2) is 2.75. The minimum atomic E-state index is 0.607. The zero-order valence-electron chi connectivity index (χ0n) is 6.31. The molecule has 2 heteroatoms. The van der Waals surface area contributed by atoms with Gasteiger partial charge in [0.25, 0.3) is 0 Å². The second-order valence-electron chi connectivity index (χ2n) is 3.02. The lowest BCUT2D eigenvalue weighted by molar-refractivity contribution is 0.507. The molecular formula is C7H14S2. The summed E-state index contributed by atoms with van der Waals surface area (Å²) in [4.78, 5) is 0. The molecule has 0 spiro atoms. The van der Waals surface area contributed by atoms with Gasteiger partial charge < -0.3 is 0 Å². The molecular weight excluding hydrogens is 148 g/mol. The van der Waals surface area contributed by atoms with Crippen molar-refractivity contribution < 1.29 is 0 Å². The van der Waals surface area contributed by atoms with E-state index in [2.05, 4.69) is 20.8 Å². The van der Waals surface area contributed by atoms with Crippen molar-refractivity contribution in [1.29, 1.82) is 0 Å². The van der Waals surface area contributed by atoms with E-state index < -0.39 is 0 Å². The smallest absolute Gasteiger partial charge is 0.0742 e. The fourth-order valence-corrected chi connectivity index (χ4v) is 2.60. The lowest BCUT2D eigenvalue weighted by atomic mass is 10.0. The zero-order chi connectivity index (χ0) is 6.91. The Morgan fingerprint density at radius 3 is 2.33 bits per heavy atom. The van der Waals surface area contributed by atoms with Crippen LogP contribution in [0.25, 0.3) is 0 Å². The molecule has 1 aliphatic rings. The van der Waals surface area contributed by atoms with Gasteiger partial charge in [-0.2, -0.15) is 0 Å². The van der Waals surface area contributed by atoms with E-state index in [0.717, 1.165) is 5.92 Å². The van der Waals surface area contributed by atoms with Crippen LogP contribution in [0.2, 0.25) is 0 Å². The molecule has 0 aromatic heterocycles. The highest BCUT2D eigenvalue weighted by Gasteiger charge is 2.41. The molecule has 0 aliphatic carbocycles. The molecule has 1 unspecified atom stereocenters. The molecule has 0 nitrogen and oxygen atoms in total. The quantitative estimate of drug-likeness (QED) is 0.460. The Balaban J connectivity index is 2.17. The fourth-order valence-electron chi connectivity index (χ4n) is 0.916. The Hall–Kier alpha value is 0.700. The minimum absolute atomic E-state index is 0.607. The average molecular weight is 162 g/mol. The molecule has 0 bridgehead atoms. The van der Waals surface area contributed by atoms with Gasteiger partial charge in [0.2, 0.25) is 0 Å². The molecule has 1 aliphatic heterocycles. The van der Waals surface area contributed by atoms with Crippen molar-refractivity contribution in [3.05, 3.63) is 0 Å². The molecule has 1 rings (SSSR count). The number of hydrogen-bond acceptors (Lipinski definition) is 2. The Labute approximate surface area is 65.6 Å². The van der Waals surface area contributed by atoms with Gasteiger partial charge in [-0.1, -0.05) is 41.9 Å². The van der Waals surface area contributed by atoms with Gasteiger partial charge in [-0.25, -0.2) is 0 Å². The summed E-state index contributed by atoms with van der Waals surface area (Å²) in [6.07, 6.45) is 2.72. The van der Waals surface area contributed by atoms with Crippen LogP contribution >= 0.6 is 21.6 Å². The lowest BCUT2D eigenvalue weighted by Gasteiger charge is -2.09. The Kier molecular flexibility index (Phi) is 2.38. The third-order valence-corrected chi connectivity index (χ3v) is 5.06. The van der Waals surface area contributed by atoms with Gasteiger partial charge in [0.15, 0.2) is 0 Å². The van der Waals surface area contributed by atoms with Crippen molar-refractivity contribution in [3.63, 3.8) is 0 Å². The predicted octanol–water partition coefficient (Wildman–Crippen LogP) is 3.53. The highest BCUT2D eigenvalue weighted by Crippen LogP contribution is 2.67. The van der Waals surface area contributed by atoms with Gasteiger partial charge >= 0.3 is 0 Å². The summed E-state index contributed by atoms with van der Waals surface area (Å²) < 4.78 is 0.607. The molecule has 0 saturated carbocycles. The first kappa shape index (κ1) is 7.80. The van der Waals surface area contributed by atoms with Crippen LogP contribution in [0, 0.1) is 5.92 Å². The molecule has 0 aromatic carbocycles. The van der Waals surface area contributed by atoms with Crippen molar-refractivity contribution in [3.8, 4) is 0 Å². The summed E-state index contributed by atoms with van der Waals surface area (Å²) >= 11 is 0. The van der Waals surface area contributed by atoms with Crippen molar-refractivity contribution in [2.24, 2.45) is 5.92 Å². The van der Waals surface area contributed by atoms with Crippen LogP contribution in [0.5, 0.6) is 0 Å². The molecule has 0 amide bonds. The van der Waals surface area contributed by atoms with Crippen LogP contribution < -0.4 is 0 Å². The molecule has 54 valence electrons. The van der Waals surface area contributed by atoms with Gasteiger partial charge in [-0.3, -0.25) is 0 Å². The van der Waals surface area contributed by atoms with E-state index >= 15 is 0 Å². The third kappa shape index (κ3) is 2.42. The van der Waals surface area contributed by atoms with E-state index in [0.29, 0.717) is 4.08 Å². The van der Waals surface area contributed by atoms with Crippen molar-refractivity contribution >= 4 is 21.6 Å². The Bertz CT molecular complexity index is 97.1. The molecule has 9 heavy (non-hydrogen) atoms. The first-order chi connectivity index (χ1) is 4.16. The zero-order valence-corrected chi connectivity index (χ0v) is 7.94. The minimum Gasteiger partial charge on any atom is -0.0742 e. The van der Waals surface area contributed by atoms with Crippen molar-refractivity contribution in [2.75, 3.05) is 0 Å². The molecule has 1 saturated heterocycles. The summed E-state index contributed by atoms with van der Waals surface area (Å²) in [6.45, 7) is 6.95. The van der Waals surface area contributed by atoms with Crippen molar-refractivity contribution in [2.45, 2.75) is 37.7 Å².